The second-order valence-electron chi connectivity index (χ2n) is 8.60. The van der Waals surface area contributed by atoms with E-state index in [0.717, 1.165) is 5.56 Å². The first-order valence-electron chi connectivity index (χ1n) is 10.6. The maximum absolute atomic E-state index is 13.1. The molecule has 10 heteroatoms. The predicted octanol–water partition coefficient (Wildman–Crippen LogP) is 2.93. The maximum Gasteiger partial charge on any atom is 0.408 e. The van der Waals surface area contributed by atoms with Crippen LogP contribution in [0.15, 0.2) is 54.6 Å². The summed E-state index contributed by atoms with van der Waals surface area (Å²) >= 11 is 0. The summed E-state index contributed by atoms with van der Waals surface area (Å²) in [4.78, 5) is 48.2. The predicted molar refractivity (Wildman–Crippen MR) is 124 cm³/mol. The number of non-ortho nitro benzene ring substituents is 1. The number of methoxy groups -OCH3 is 1. The molecular weight excluding hydrogens is 442 g/mol. The van der Waals surface area contributed by atoms with Crippen molar-refractivity contribution < 1.29 is 28.8 Å². The fourth-order valence-corrected chi connectivity index (χ4v) is 3.11. The van der Waals surface area contributed by atoms with E-state index >= 15 is 0 Å². The summed E-state index contributed by atoms with van der Waals surface area (Å²) in [5, 5.41) is 16.1. The van der Waals surface area contributed by atoms with Crippen molar-refractivity contribution in [1.29, 1.82) is 0 Å². The number of carbonyl (C=O) groups is 3. The molecule has 0 radical (unpaired) electrons. The third-order valence-corrected chi connectivity index (χ3v) is 4.68. The molecule has 0 spiro atoms. The lowest BCUT2D eigenvalue weighted by Crippen LogP contribution is -2.53. The zero-order valence-corrected chi connectivity index (χ0v) is 19.6. The van der Waals surface area contributed by atoms with Crippen molar-refractivity contribution in [2.45, 2.75) is 51.3 Å². The van der Waals surface area contributed by atoms with Crippen molar-refractivity contribution in [2.75, 3.05) is 7.11 Å². The van der Waals surface area contributed by atoms with Crippen LogP contribution < -0.4 is 10.6 Å². The number of nitro groups is 1. The van der Waals surface area contributed by atoms with Crippen LogP contribution in [0.2, 0.25) is 0 Å². The second kappa shape index (κ2) is 11.8. The van der Waals surface area contributed by atoms with Gasteiger partial charge in [0, 0.05) is 25.0 Å². The molecule has 2 atom stereocenters. The molecular formula is C24H29N3O7. The van der Waals surface area contributed by atoms with Gasteiger partial charge in [0.25, 0.3) is 5.69 Å². The van der Waals surface area contributed by atoms with Crippen molar-refractivity contribution in [3.63, 3.8) is 0 Å². The lowest BCUT2D eigenvalue weighted by Gasteiger charge is -2.25. The number of alkyl carbamates (subject to hydrolysis) is 1. The number of amides is 2. The molecule has 0 fully saturated rings. The zero-order chi connectivity index (χ0) is 25.3. The molecule has 182 valence electrons. The molecule has 10 nitrogen and oxygen atoms in total. The Bertz CT molecular complexity index is 1000. The SMILES string of the molecule is COC(=O)[C@H](Cc1ccc([N+](=O)[O-])cc1)NC(=O)[C@H](Cc1ccccc1)NC(=O)OC(C)(C)C. The minimum absolute atomic E-state index is 0.0426. The highest BCUT2D eigenvalue weighted by Crippen LogP contribution is 2.14. The van der Waals surface area contributed by atoms with Crippen molar-refractivity contribution in [3.8, 4) is 0 Å². The Balaban J connectivity index is 2.20. The number of nitrogens with one attached hydrogen (secondary N) is 2. The fraction of sp³-hybridized carbons (Fsp3) is 0.375. The number of esters is 1. The van der Waals surface area contributed by atoms with Gasteiger partial charge >= 0.3 is 12.1 Å². The third-order valence-electron chi connectivity index (χ3n) is 4.68. The van der Waals surface area contributed by atoms with Crippen molar-refractivity contribution in [2.24, 2.45) is 0 Å². The largest absolute Gasteiger partial charge is 0.467 e. The molecule has 2 N–H and O–H groups in total. The molecule has 0 unspecified atom stereocenters. The van der Waals surface area contributed by atoms with E-state index < -0.39 is 40.6 Å². The average molecular weight is 472 g/mol. The summed E-state index contributed by atoms with van der Waals surface area (Å²) in [5.41, 5.74) is 0.527. The molecule has 2 aromatic carbocycles. The highest BCUT2D eigenvalue weighted by molar-refractivity contribution is 5.90. The number of nitro benzene ring substituents is 1. The summed E-state index contributed by atoms with van der Waals surface area (Å²) in [5.74, 6) is -1.30. The van der Waals surface area contributed by atoms with Gasteiger partial charge in [-0.15, -0.1) is 0 Å². The smallest absolute Gasteiger partial charge is 0.408 e. The highest BCUT2D eigenvalue weighted by Gasteiger charge is 2.29. The summed E-state index contributed by atoms with van der Waals surface area (Å²) in [7, 11) is 1.19. The first-order valence-corrected chi connectivity index (χ1v) is 10.6. The minimum atomic E-state index is -1.07. The Morgan fingerprint density at radius 2 is 1.47 bits per heavy atom. The van der Waals surface area contributed by atoms with E-state index in [0.29, 0.717) is 5.56 Å². The summed E-state index contributed by atoms with van der Waals surface area (Å²) in [6, 6.07) is 12.6. The van der Waals surface area contributed by atoms with Gasteiger partial charge < -0.3 is 20.1 Å². The molecule has 2 amide bonds. The van der Waals surface area contributed by atoms with E-state index in [2.05, 4.69) is 10.6 Å². The number of hydrogen-bond donors (Lipinski definition) is 2. The number of ether oxygens (including phenoxy) is 2. The fourth-order valence-electron chi connectivity index (χ4n) is 3.11. The van der Waals surface area contributed by atoms with Crippen LogP contribution in [-0.4, -0.2) is 47.7 Å². The first kappa shape index (κ1) is 26.3. The van der Waals surface area contributed by atoms with Gasteiger partial charge in [-0.1, -0.05) is 42.5 Å². The van der Waals surface area contributed by atoms with Gasteiger partial charge in [0.05, 0.1) is 12.0 Å². The van der Waals surface area contributed by atoms with E-state index in [-0.39, 0.29) is 18.5 Å². The van der Waals surface area contributed by atoms with E-state index in [1.807, 2.05) is 30.3 Å². The monoisotopic (exact) mass is 471 g/mol. The molecule has 0 heterocycles. The summed E-state index contributed by atoms with van der Waals surface area (Å²) in [6.07, 6.45) is -0.563. The van der Waals surface area contributed by atoms with E-state index in [4.69, 9.17) is 9.47 Å². The van der Waals surface area contributed by atoms with Gasteiger partial charge in [-0.05, 0) is 31.9 Å². The lowest BCUT2D eigenvalue weighted by molar-refractivity contribution is -0.384. The summed E-state index contributed by atoms with van der Waals surface area (Å²) < 4.78 is 10.1. The molecule has 2 rings (SSSR count). The normalized spacial score (nSPS) is 12.7. The van der Waals surface area contributed by atoms with Crippen molar-refractivity contribution in [1.82, 2.24) is 10.6 Å². The van der Waals surface area contributed by atoms with Crippen LogP contribution in [-0.2, 0) is 31.9 Å². The number of rotatable bonds is 9. The lowest BCUT2D eigenvalue weighted by atomic mass is 10.0. The zero-order valence-electron chi connectivity index (χ0n) is 19.6. The van der Waals surface area contributed by atoms with Gasteiger partial charge in [0.1, 0.15) is 17.7 Å². The standard InChI is InChI=1S/C24H29N3O7/c1-24(2,3)34-23(30)26-19(14-16-8-6-5-7-9-16)21(28)25-20(22(29)33-4)15-17-10-12-18(13-11-17)27(31)32/h5-13,19-20H,14-15H2,1-4H3,(H,25,28)(H,26,30)/t19-,20-/m0/s1. The van der Waals surface area contributed by atoms with Crippen LogP contribution in [0, 0.1) is 10.1 Å². The van der Waals surface area contributed by atoms with E-state index in [9.17, 15) is 24.5 Å². The number of hydrogen-bond acceptors (Lipinski definition) is 7. The molecule has 0 saturated heterocycles. The van der Waals surface area contributed by atoms with Crippen LogP contribution in [0.5, 0.6) is 0 Å². The topological polar surface area (TPSA) is 137 Å². The molecule has 0 saturated carbocycles. The Morgan fingerprint density at radius 3 is 2.00 bits per heavy atom. The van der Waals surface area contributed by atoms with Crippen LogP contribution in [0.1, 0.15) is 31.9 Å². The Hall–Kier alpha value is -3.95. The molecule has 34 heavy (non-hydrogen) atoms. The van der Waals surface area contributed by atoms with Gasteiger partial charge in [0.2, 0.25) is 5.91 Å². The highest BCUT2D eigenvalue weighted by atomic mass is 16.6. The van der Waals surface area contributed by atoms with E-state index in [1.165, 1.54) is 31.4 Å². The molecule has 0 aliphatic heterocycles. The molecule has 2 aromatic rings. The van der Waals surface area contributed by atoms with Crippen molar-refractivity contribution >= 4 is 23.7 Å². The van der Waals surface area contributed by atoms with Gasteiger partial charge in [-0.3, -0.25) is 14.9 Å². The van der Waals surface area contributed by atoms with E-state index in [1.54, 1.807) is 20.8 Å². The average Bonchev–Trinajstić information content (AvgIpc) is 2.77. The minimum Gasteiger partial charge on any atom is -0.467 e. The Labute approximate surface area is 197 Å². The van der Waals surface area contributed by atoms with Crippen molar-refractivity contribution in [3.05, 3.63) is 75.8 Å². The molecule has 0 aromatic heterocycles. The van der Waals surface area contributed by atoms with Crippen LogP contribution in [0.3, 0.4) is 0 Å². The number of benzene rings is 2. The Kier molecular flexibility index (Phi) is 9.11. The van der Waals surface area contributed by atoms with Gasteiger partial charge in [0.15, 0.2) is 0 Å². The van der Waals surface area contributed by atoms with Gasteiger partial charge in [-0.2, -0.15) is 0 Å². The number of carbonyl (C=O) groups excluding carboxylic acids is 3. The molecule has 0 bridgehead atoms. The van der Waals surface area contributed by atoms with Crippen LogP contribution in [0.4, 0.5) is 10.5 Å². The molecule has 0 aliphatic carbocycles. The number of nitrogens with zero attached hydrogens (tertiary/aromatic N) is 1. The quantitative estimate of drug-likeness (QED) is 0.326. The third kappa shape index (κ3) is 8.53. The first-order chi connectivity index (χ1) is 16.0. The van der Waals surface area contributed by atoms with Gasteiger partial charge in [-0.25, -0.2) is 9.59 Å². The van der Waals surface area contributed by atoms with Crippen LogP contribution in [0.25, 0.3) is 0 Å². The Morgan fingerprint density at radius 1 is 0.912 bits per heavy atom. The summed E-state index contributed by atoms with van der Waals surface area (Å²) in [6.45, 7) is 5.11. The maximum atomic E-state index is 13.1. The second-order valence-corrected chi connectivity index (χ2v) is 8.60. The molecule has 0 aliphatic rings. The van der Waals surface area contributed by atoms with Crippen LogP contribution >= 0.6 is 0 Å².